The predicted octanol–water partition coefficient (Wildman–Crippen LogP) is 3.70. The number of hydrogen-bond acceptors (Lipinski definition) is 3. The van der Waals surface area contributed by atoms with Gasteiger partial charge in [0.2, 0.25) is 0 Å². The van der Waals surface area contributed by atoms with Crippen molar-refractivity contribution >= 4 is 17.3 Å². The largest absolute Gasteiger partial charge is 0.356 e. The Hall–Kier alpha value is -1.07. The summed E-state index contributed by atoms with van der Waals surface area (Å²) in [4.78, 5) is 8.25. The van der Waals surface area contributed by atoms with Gasteiger partial charge >= 0.3 is 0 Å². The number of hydrogen-bond donors (Lipinski definition) is 2. The summed E-state index contributed by atoms with van der Waals surface area (Å²) in [6, 6.07) is 4.75. The normalized spacial score (nSPS) is 14.0. The molecule has 1 aromatic rings. The van der Waals surface area contributed by atoms with Crippen LogP contribution < -0.4 is 10.6 Å². The van der Waals surface area contributed by atoms with Crippen LogP contribution in [-0.4, -0.2) is 50.1 Å². The predicted molar refractivity (Wildman–Crippen MR) is 108 cm³/mol. The summed E-state index contributed by atoms with van der Waals surface area (Å²) < 4.78 is 0. The fraction of sp³-hybridized carbons (Fsp3) is 0.737. The Morgan fingerprint density at radius 3 is 2.58 bits per heavy atom. The third kappa shape index (κ3) is 7.22. The maximum atomic E-state index is 4.38. The van der Waals surface area contributed by atoms with Crippen molar-refractivity contribution in [2.75, 3.05) is 33.2 Å². The highest BCUT2D eigenvalue weighted by molar-refractivity contribution is 7.10. The summed E-state index contributed by atoms with van der Waals surface area (Å²) in [5.41, 5.74) is 0.109. The number of aliphatic imine (C=N–C) groups is 1. The molecule has 0 saturated heterocycles. The molecule has 138 valence electrons. The number of guanidine groups is 1. The van der Waals surface area contributed by atoms with Crippen LogP contribution >= 0.6 is 11.3 Å². The van der Waals surface area contributed by atoms with Crippen molar-refractivity contribution in [3.63, 3.8) is 0 Å². The van der Waals surface area contributed by atoms with Gasteiger partial charge in [0.05, 0.1) is 0 Å². The van der Waals surface area contributed by atoms with E-state index in [1.807, 2.05) is 18.4 Å². The van der Waals surface area contributed by atoms with E-state index in [0.29, 0.717) is 6.04 Å². The molecule has 0 aromatic carbocycles. The van der Waals surface area contributed by atoms with Crippen LogP contribution in [0.15, 0.2) is 22.5 Å². The lowest BCUT2D eigenvalue weighted by Crippen LogP contribution is -2.46. The van der Waals surface area contributed by atoms with Gasteiger partial charge in [0.15, 0.2) is 5.96 Å². The van der Waals surface area contributed by atoms with E-state index in [9.17, 15) is 0 Å². The van der Waals surface area contributed by atoms with Crippen LogP contribution in [0.3, 0.4) is 0 Å². The molecule has 0 saturated carbocycles. The van der Waals surface area contributed by atoms with E-state index in [2.05, 4.69) is 72.7 Å². The summed E-state index contributed by atoms with van der Waals surface area (Å²) in [7, 11) is 1.84. The quantitative estimate of drug-likeness (QED) is 0.498. The van der Waals surface area contributed by atoms with E-state index in [1.165, 1.54) is 17.8 Å². The van der Waals surface area contributed by atoms with Gasteiger partial charge in [-0.15, -0.1) is 11.3 Å². The number of nitrogens with zero attached hydrogens (tertiary/aromatic N) is 2. The molecule has 24 heavy (non-hydrogen) atoms. The average molecular weight is 353 g/mol. The van der Waals surface area contributed by atoms with E-state index < -0.39 is 0 Å². The first-order valence-corrected chi connectivity index (χ1v) is 10.0. The maximum absolute atomic E-state index is 4.38. The van der Waals surface area contributed by atoms with Crippen LogP contribution in [-0.2, 0) is 5.41 Å². The molecule has 5 heteroatoms. The van der Waals surface area contributed by atoms with Crippen LogP contribution in [0, 0.1) is 0 Å². The van der Waals surface area contributed by atoms with E-state index in [4.69, 9.17) is 0 Å². The first-order chi connectivity index (χ1) is 11.4. The van der Waals surface area contributed by atoms with Gasteiger partial charge in [0.1, 0.15) is 0 Å². The topological polar surface area (TPSA) is 39.7 Å². The van der Waals surface area contributed by atoms with Crippen molar-refractivity contribution in [3.8, 4) is 0 Å². The van der Waals surface area contributed by atoms with Gasteiger partial charge < -0.3 is 15.5 Å². The van der Waals surface area contributed by atoms with Gasteiger partial charge in [-0.05, 0) is 50.8 Å². The summed E-state index contributed by atoms with van der Waals surface area (Å²) in [5.74, 6) is 0.898. The second-order valence-electron chi connectivity index (χ2n) is 7.00. The van der Waals surface area contributed by atoms with Gasteiger partial charge in [-0.1, -0.05) is 33.8 Å². The summed E-state index contributed by atoms with van der Waals surface area (Å²) in [5, 5.41) is 9.14. The zero-order valence-electron chi connectivity index (χ0n) is 16.4. The summed E-state index contributed by atoms with van der Waals surface area (Å²) in [6.07, 6.45) is 2.37. The molecule has 0 aliphatic rings. The Morgan fingerprint density at radius 2 is 2.04 bits per heavy atom. The second-order valence-corrected chi connectivity index (χ2v) is 7.95. The highest BCUT2D eigenvalue weighted by atomic mass is 32.1. The molecule has 1 unspecified atom stereocenters. The minimum atomic E-state index is 0.109. The third-order valence-corrected chi connectivity index (χ3v) is 5.73. The standard InChI is InChI=1S/C19H36N4S/c1-7-23(8-2)13-9-11-16(3)22-18(20-6)21-15-19(4,5)17-12-10-14-24-17/h10,12,14,16H,7-9,11,13,15H2,1-6H3,(H2,20,21,22). The zero-order valence-corrected chi connectivity index (χ0v) is 17.2. The molecule has 0 spiro atoms. The van der Waals surface area contributed by atoms with Gasteiger partial charge in [0.25, 0.3) is 0 Å². The Bertz CT molecular complexity index is 464. The lowest BCUT2D eigenvalue weighted by Gasteiger charge is -2.26. The van der Waals surface area contributed by atoms with E-state index in [0.717, 1.165) is 32.0 Å². The summed E-state index contributed by atoms with van der Waals surface area (Å²) >= 11 is 1.82. The number of thiophene rings is 1. The number of rotatable bonds is 10. The molecular formula is C19H36N4S. The molecule has 1 rings (SSSR count). The molecule has 1 heterocycles. The Balaban J connectivity index is 2.36. The Morgan fingerprint density at radius 1 is 1.33 bits per heavy atom. The van der Waals surface area contributed by atoms with Crippen molar-refractivity contribution in [1.29, 1.82) is 0 Å². The fourth-order valence-electron chi connectivity index (χ4n) is 2.72. The molecule has 0 radical (unpaired) electrons. The molecule has 1 aromatic heterocycles. The van der Waals surface area contributed by atoms with Gasteiger partial charge in [-0.2, -0.15) is 0 Å². The number of nitrogens with one attached hydrogen (secondary N) is 2. The highest BCUT2D eigenvalue weighted by Crippen LogP contribution is 2.26. The SMILES string of the molecule is CCN(CC)CCCC(C)NC(=NC)NCC(C)(C)c1cccs1. The molecule has 0 amide bonds. The van der Waals surface area contributed by atoms with Crippen LogP contribution in [0.1, 0.15) is 52.3 Å². The average Bonchev–Trinajstić information content (AvgIpc) is 3.11. The fourth-order valence-corrected chi connectivity index (χ4v) is 3.57. The van der Waals surface area contributed by atoms with Crippen molar-refractivity contribution in [3.05, 3.63) is 22.4 Å². The van der Waals surface area contributed by atoms with E-state index in [-0.39, 0.29) is 5.41 Å². The van der Waals surface area contributed by atoms with Gasteiger partial charge in [0, 0.05) is 29.9 Å². The van der Waals surface area contributed by atoms with Gasteiger partial charge in [-0.3, -0.25) is 4.99 Å². The van der Waals surface area contributed by atoms with Crippen LogP contribution in [0.2, 0.25) is 0 Å². The minimum absolute atomic E-state index is 0.109. The van der Waals surface area contributed by atoms with Crippen molar-refractivity contribution in [2.24, 2.45) is 4.99 Å². The first kappa shape index (κ1) is 21.0. The smallest absolute Gasteiger partial charge is 0.191 e. The zero-order chi connectivity index (χ0) is 18.0. The molecule has 0 aliphatic carbocycles. The van der Waals surface area contributed by atoms with Crippen molar-refractivity contribution < 1.29 is 0 Å². The van der Waals surface area contributed by atoms with Crippen LogP contribution in [0.25, 0.3) is 0 Å². The molecule has 0 aliphatic heterocycles. The molecule has 0 fully saturated rings. The van der Waals surface area contributed by atoms with Crippen molar-refractivity contribution in [2.45, 2.75) is 58.9 Å². The summed E-state index contributed by atoms with van der Waals surface area (Å²) in [6.45, 7) is 15.6. The maximum Gasteiger partial charge on any atom is 0.191 e. The monoisotopic (exact) mass is 352 g/mol. The first-order valence-electron chi connectivity index (χ1n) is 9.16. The second kappa shape index (κ2) is 10.7. The van der Waals surface area contributed by atoms with Crippen molar-refractivity contribution in [1.82, 2.24) is 15.5 Å². The van der Waals surface area contributed by atoms with Crippen LogP contribution in [0.5, 0.6) is 0 Å². The molecule has 4 nitrogen and oxygen atoms in total. The molecule has 1 atom stereocenters. The van der Waals surface area contributed by atoms with E-state index >= 15 is 0 Å². The van der Waals surface area contributed by atoms with Crippen LogP contribution in [0.4, 0.5) is 0 Å². The lowest BCUT2D eigenvalue weighted by molar-refractivity contribution is 0.292. The molecule has 2 N–H and O–H groups in total. The molecular weight excluding hydrogens is 316 g/mol. The Labute approximate surface area is 152 Å². The third-order valence-electron chi connectivity index (χ3n) is 4.50. The highest BCUT2D eigenvalue weighted by Gasteiger charge is 2.22. The lowest BCUT2D eigenvalue weighted by atomic mass is 9.91. The van der Waals surface area contributed by atoms with Gasteiger partial charge in [-0.25, -0.2) is 0 Å². The Kier molecular flexibility index (Phi) is 9.37. The minimum Gasteiger partial charge on any atom is -0.356 e. The molecule has 0 bridgehead atoms. The van der Waals surface area contributed by atoms with E-state index in [1.54, 1.807) is 0 Å².